The van der Waals surface area contributed by atoms with E-state index in [-0.39, 0.29) is 13.1 Å². The van der Waals surface area contributed by atoms with Gasteiger partial charge in [-0.3, -0.25) is 9.32 Å². The molecule has 0 saturated heterocycles. The first-order valence-corrected chi connectivity index (χ1v) is 3.99. The zero-order chi connectivity index (χ0) is 8.69. The Kier molecular flexibility index (Phi) is 6.06. The summed E-state index contributed by atoms with van der Waals surface area (Å²) in [5, 5.41) is 16.9. The molecule has 11 heavy (non-hydrogen) atoms. The molecule has 6 nitrogen and oxygen atoms in total. The third-order valence-electron chi connectivity index (χ3n) is 0.749. The highest BCUT2D eigenvalue weighted by Gasteiger charge is 2.05. The van der Waals surface area contributed by atoms with E-state index in [1.54, 1.807) is 0 Å². The van der Waals surface area contributed by atoms with Crippen LogP contribution in [0, 0.1) is 0 Å². The van der Waals surface area contributed by atoms with E-state index >= 15 is 0 Å². The van der Waals surface area contributed by atoms with Gasteiger partial charge in [0.05, 0.1) is 13.2 Å². The zero-order valence-corrected chi connectivity index (χ0v) is 6.60. The van der Waals surface area contributed by atoms with E-state index in [1.807, 2.05) is 0 Å². The summed E-state index contributed by atoms with van der Waals surface area (Å²) in [6, 6.07) is 0. The fraction of sp³-hybridized carbons (Fsp3) is 0.750. The molecule has 0 aliphatic rings. The summed E-state index contributed by atoms with van der Waals surface area (Å²) in [4.78, 5) is 9.54. The van der Waals surface area contributed by atoms with Crippen molar-refractivity contribution in [2.45, 2.75) is 6.10 Å². The topological polar surface area (TPSA) is 93.1 Å². The molecular formula is C4H9O6P. The van der Waals surface area contributed by atoms with Crippen LogP contribution in [0.25, 0.3) is 0 Å². The Labute approximate surface area is 63.7 Å². The summed E-state index contributed by atoms with van der Waals surface area (Å²) in [5.74, 6) is 0. The molecule has 0 bridgehead atoms. The lowest BCUT2D eigenvalue weighted by molar-refractivity contribution is -0.121. The standard InChI is InChI=1S/C4H9O6P/c5-1-4(7)2-9-11(8)10-3-6/h3-5,7,11H,1-2H2. The number of aliphatic hydroxyl groups is 2. The number of aliphatic hydroxyl groups excluding tert-OH is 2. The maximum atomic E-state index is 10.4. The summed E-state index contributed by atoms with van der Waals surface area (Å²) in [6.45, 7) is -0.814. The van der Waals surface area contributed by atoms with Gasteiger partial charge in [-0.1, -0.05) is 0 Å². The van der Waals surface area contributed by atoms with Gasteiger partial charge in [0.15, 0.2) is 0 Å². The molecule has 0 heterocycles. The third-order valence-corrected chi connectivity index (χ3v) is 1.44. The Balaban J connectivity index is 3.37. The summed E-state index contributed by atoms with van der Waals surface area (Å²) in [7, 11) is -2.83. The second-order valence-electron chi connectivity index (χ2n) is 1.61. The maximum absolute atomic E-state index is 10.4. The minimum Gasteiger partial charge on any atom is -0.396 e. The normalized spacial score (nSPS) is 15.5. The molecule has 0 spiro atoms. The molecule has 2 N–H and O–H groups in total. The zero-order valence-electron chi connectivity index (χ0n) is 5.60. The van der Waals surface area contributed by atoms with Gasteiger partial charge in [0.25, 0.3) is 6.47 Å². The first kappa shape index (κ1) is 10.6. The number of rotatable bonds is 6. The Morgan fingerprint density at radius 1 is 1.64 bits per heavy atom. The molecule has 2 atom stereocenters. The van der Waals surface area contributed by atoms with Crippen molar-refractivity contribution >= 4 is 14.7 Å². The van der Waals surface area contributed by atoms with Crippen molar-refractivity contribution < 1.29 is 28.6 Å². The predicted octanol–water partition coefficient (Wildman–Crippen LogP) is -1.08. The second-order valence-corrected chi connectivity index (χ2v) is 2.64. The van der Waals surface area contributed by atoms with E-state index in [1.165, 1.54) is 0 Å². The van der Waals surface area contributed by atoms with Gasteiger partial charge in [-0.25, -0.2) is 4.57 Å². The summed E-state index contributed by atoms with van der Waals surface area (Å²) in [6.07, 6.45) is -1.10. The lowest BCUT2D eigenvalue weighted by Gasteiger charge is -2.05. The summed E-state index contributed by atoms with van der Waals surface area (Å²) < 4.78 is 18.6. The molecule has 2 unspecified atom stereocenters. The van der Waals surface area contributed by atoms with Gasteiger partial charge in [-0.15, -0.1) is 0 Å². The fourth-order valence-corrected chi connectivity index (χ4v) is 0.765. The molecule has 66 valence electrons. The van der Waals surface area contributed by atoms with Crippen LogP contribution in [0.4, 0.5) is 0 Å². The van der Waals surface area contributed by atoms with Gasteiger partial charge in [0.2, 0.25) is 0 Å². The molecule has 0 radical (unpaired) electrons. The van der Waals surface area contributed by atoms with Crippen LogP contribution in [0.2, 0.25) is 0 Å². The monoisotopic (exact) mass is 184 g/mol. The maximum Gasteiger partial charge on any atom is 0.369 e. The van der Waals surface area contributed by atoms with Crippen LogP contribution < -0.4 is 0 Å². The smallest absolute Gasteiger partial charge is 0.369 e. The fourth-order valence-electron chi connectivity index (χ4n) is 0.290. The highest BCUT2D eigenvalue weighted by molar-refractivity contribution is 7.33. The molecule has 0 aliphatic heterocycles. The van der Waals surface area contributed by atoms with Crippen LogP contribution in [0.15, 0.2) is 0 Å². The van der Waals surface area contributed by atoms with Crippen molar-refractivity contribution in [3.05, 3.63) is 0 Å². The summed E-state index contributed by atoms with van der Waals surface area (Å²) in [5.41, 5.74) is 0. The van der Waals surface area contributed by atoms with Crippen LogP contribution in [0.1, 0.15) is 0 Å². The quantitative estimate of drug-likeness (QED) is 0.402. The van der Waals surface area contributed by atoms with Gasteiger partial charge in [-0.2, -0.15) is 0 Å². The highest BCUT2D eigenvalue weighted by Crippen LogP contribution is 2.21. The van der Waals surface area contributed by atoms with Gasteiger partial charge >= 0.3 is 8.25 Å². The van der Waals surface area contributed by atoms with Crippen molar-refractivity contribution in [3.63, 3.8) is 0 Å². The molecule has 0 rings (SSSR count). The lowest BCUT2D eigenvalue weighted by atomic mass is 10.4. The van der Waals surface area contributed by atoms with Gasteiger partial charge in [-0.05, 0) is 0 Å². The largest absolute Gasteiger partial charge is 0.396 e. The Morgan fingerprint density at radius 2 is 2.27 bits per heavy atom. The van der Waals surface area contributed by atoms with Crippen LogP contribution in [-0.4, -0.2) is 36.0 Å². The van der Waals surface area contributed by atoms with Crippen molar-refractivity contribution in [2.24, 2.45) is 0 Å². The summed E-state index contributed by atoms with van der Waals surface area (Å²) >= 11 is 0. The van der Waals surface area contributed by atoms with Crippen molar-refractivity contribution in [2.75, 3.05) is 13.2 Å². The van der Waals surface area contributed by atoms with E-state index in [0.717, 1.165) is 0 Å². The number of carbonyl (C=O) groups excluding carboxylic acids is 1. The van der Waals surface area contributed by atoms with Crippen LogP contribution in [0.3, 0.4) is 0 Å². The molecular weight excluding hydrogens is 175 g/mol. The Hall–Kier alpha value is -0.420. The predicted molar refractivity (Wildman–Crippen MR) is 35.2 cm³/mol. The molecule has 0 fully saturated rings. The van der Waals surface area contributed by atoms with Crippen molar-refractivity contribution in [1.82, 2.24) is 0 Å². The molecule has 0 aromatic heterocycles. The number of carbonyl (C=O) groups is 1. The van der Waals surface area contributed by atoms with Crippen molar-refractivity contribution in [1.29, 1.82) is 0 Å². The molecule has 0 saturated carbocycles. The van der Waals surface area contributed by atoms with E-state index < -0.39 is 21.0 Å². The van der Waals surface area contributed by atoms with E-state index in [2.05, 4.69) is 9.05 Å². The minimum atomic E-state index is -2.83. The Morgan fingerprint density at radius 3 is 2.73 bits per heavy atom. The average Bonchev–Trinajstić information content (AvgIpc) is 2.01. The molecule has 0 aromatic rings. The SMILES string of the molecule is O=CO[PH](=O)OCC(O)CO. The number of hydrogen-bond donors (Lipinski definition) is 2. The second kappa shape index (κ2) is 6.30. The van der Waals surface area contributed by atoms with Crippen LogP contribution >= 0.6 is 8.25 Å². The molecule has 0 aliphatic carbocycles. The van der Waals surface area contributed by atoms with Crippen molar-refractivity contribution in [3.8, 4) is 0 Å². The molecule has 0 aromatic carbocycles. The highest BCUT2D eigenvalue weighted by atomic mass is 31.1. The van der Waals surface area contributed by atoms with Gasteiger partial charge in [0, 0.05) is 0 Å². The minimum absolute atomic E-state index is 0.00732. The first-order valence-electron chi connectivity index (χ1n) is 2.76. The van der Waals surface area contributed by atoms with Gasteiger partial charge in [0.1, 0.15) is 6.10 Å². The van der Waals surface area contributed by atoms with E-state index in [4.69, 9.17) is 10.2 Å². The number of hydrogen-bond acceptors (Lipinski definition) is 6. The first-order chi connectivity index (χ1) is 5.20. The molecule has 7 heteroatoms. The molecule has 0 amide bonds. The van der Waals surface area contributed by atoms with E-state index in [0.29, 0.717) is 0 Å². The Bertz CT molecular complexity index is 137. The van der Waals surface area contributed by atoms with Crippen LogP contribution in [-0.2, 0) is 18.4 Å². The van der Waals surface area contributed by atoms with E-state index in [9.17, 15) is 9.36 Å². The van der Waals surface area contributed by atoms with Gasteiger partial charge < -0.3 is 14.7 Å². The average molecular weight is 184 g/mol. The lowest BCUT2D eigenvalue weighted by Crippen LogP contribution is -2.17. The van der Waals surface area contributed by atoms with Crippen LogP contribution in [0.5, 0.6) is 0 Å². The third kappa shape index (κ3) is 6.00.